The molecule has 5 nitrogen and oxygen atoms in total. The minimum Gasteiger partial charge on any atom is -0.480 e. The summed E-state index contributed by atoms with van der Waals surface area (Å²) in [7, 11) is 2.89. The normalized spacial score (nSPS) is 10.1. The number of rotatable bonds is 4. The second-order valence-corrected chi connectivity index (χ2v) is 2.93. The molecule has 0 atom stereocenters. The van der Waals surface area contributed by atoms with Gasteiger partial charge in [-0.1, -0.05) is 12.2 Å². The number of nitrogens with zero attached hydrogens (tertiary/aromatic N) is 2. The average molecular weight is 249 g/mol. The first-order valence-electron chi connectivity index (χ1n) is 4.16. The SMILES string of the molecule is CNC(=S)c1c(OC)ncnc1OC(F)F. The van der Waals surface area contributed by atoms with E-state index < -0.39 is 6.61 Å². The molecule has 0 saturated carbocycles. The Balaban J connectivity index is 3.20. The number of aromatic nitrogens is 2. The molecule has 1 aromatic rings. The van der Waals surface area contributed by atoms with Crippen molar-refractivity contribution >= 4 is 17.2 Å². The van der Waals surface area contributed by atoms with Crippen LogP contribution in [0.3, 0.4) is 0 Å². The molecule has 0 aliphatic rings. The van der Waals surface area contributed by atoms with Crippen molar-refractivity contribution in [3.63, 3.8) is 0 Å². The van der Waals surface area contributed by atoms with Crippen molar-refractivity contribution in [1.82, 2.24) is 15.3 Å². The van der Waals surface area contributed by atoms with Crippen LogP contribution in [0.5, 0.6) is 11.8 Å². The Morgan fingerprint density at radius 1 is 1.44 bits per heavy atom. The Morgan fingerprint density at radius 3 is 2.56 bits per heavy atom. The van der Waals surface area contributed by atoms with Crippen molar-refractivity contribution in [2.75, 3.05) is 14.2 Å². The van der Waals surface area contributed by atoms with Crippen molar-refractivity contribution in [2.45, 2.75) is 6.61 Å². The summed E-state index contributed by atoms with van der Waals surface area (Å²) < 4.78 is 33.3. The molecular weight excluding hydrogens is 240 g/mol. The average Bonchev–Trinajstić information content (AvgIpc) is 2.27. The fraction of sp³-hybridized carbons (Fsp3) is 0.375. The molecule has 0 unspecified atom stereocenters. The van der Waals surface area contributed by atoms with Crippen LogP contribution in [-0.2, 0) is 0 Å². The van der Waals surface area contributed by atoms with E-state index in [0.717, 1.165) is 6.33 Å². The predicted molar refractivity (Wildman–Crippen MR) is 56.0 cm³/mol. The van der Waals surface area contributed by atoms with Crippen molar-refractivity contribution in [1.29, 1.82) is 0 Å². The van der Waals surface area contributed by atoms with Gasteiger partial charge in [-0.25, -0.2) is 9.97 Å². The quantitative estimate of drug-likeness (QED) is 0.803. The van der Waals surface area contributed by atoms with Gasteiger partial charge in [0.1, 0.15) is 16.9 Å². The lowest BCUT2D eigenvalue weighted by atomic mass is 10.3. The molecule has 0 spiro atoms. The standard InChI is InChI=1S/C8H9F2N3O2S/c1-11-7(16)4-5(14-2)12-3-13-6(4)15-8(9)10/h3,8H,1-2H3,(H,11,16). The highest BCUT2D eigenvalue weighted by Crippen LogP contribution is 2.25. The van der Waals surface area contributed by atoms with Crippen LogP contribution >= 0.6 is 12.2 Å². The maximum absolute atomic E-state index is 12.1. The second-order valence-electron chi connectivity index (χ2n) is 2.52. The maximum Gasteiger partial charge on any atom is 0.388 e. The van der Waals surface area contributed by atoms with Gasteiger partial charge in [-0.2, -0.15) is 8.78 Å². The van der Waals surface area contributed by atoms with Gasteiger partial charge in [-0.3, -0.25) is 0 Å². The molecule has 0 aromatic carbocycles. The first kappa shape index (κ1) is 12.5. The van der Waals surface area contributed by atoms with E-state index in [2.05, 4.69) is 20.0 Å². The molecule has 0 fully saturated rings. The molecule has 1 heterocycles. The lowest BCUT2D eigenvalue weighted by molar-refractivity contribution is -0.0531. The summed E-state index contributed by atoms with van der Waals surface area (Å²) in [6, 6.07) is 0. The minimum atomic E-state index is -2.99. The topological polar surface area (TPSA) is 56.3 Å². The summed E-state index contributed by atoms with van der Waals surface area (Å²) in [6.07, 6.45) is 1.05. The van der Waals surface area contributed by atoms with Gasteiger partial charge in [0, 0.05) is 7.05 Å². The lowest BCUT2D eigenvalue weighted by Gasteiger charge is -2.12. The zero-order valence-electron chi connectivity index (χ0n) is 8.53. The number of hydrogen-bond acceptors (Lipinski definition) is 5. The van der Waals surface area contributed by atoms with Crippen molar-refractivity contribution in [3.8, 4) is 11.8 Å². The third-order valence-corrected chi connectivity index (χ3v) is 2.03. The zero-order chi connectivity index (χ0) is 12.1. The van der Waals surface area contributed by atoms with Crippen LogP contribution in [0.15, 0.2) is 6.33 Å². The Hall–Kier alpha value is -1.57. The maximum atomic E-state index is 12.1. The molecule has 1 aromatic heterocycles. The molecule has 0 aliphatic carbocycles. The third kappa shape index (κ3) is 2.72. The molecule has 8 heteroatoms. The molecule has 88 valence electrons. The first-order valence-corrected chi connectivity index (χ1v) is 4.56. The lowest BCUT2D eigenvalue weighted by Crippen LogP contribution is -2.20. The molecule has 1 N–H and O–H groups in total. The van der Waals surface area contributed by atoms with Gasteiger partial charge in [-0.05, 0) is 0 Å². The molecule has 0 bridgehead atoms. The molecular formula is C8H9F2N3O2S. The summed E-state index contributed by atoms with van der Waals surface area (Å²) in [4.78, 5) is 7.48. The molecule has 1 rings (SSSR count). The van der Waals surface area contributed by atoms with Crippen molar-refractivity contribution in [2.24, 2.45) is 0 Å². The summed E-state index contributed by atoms with van der Waals surface area (Å²) in [5.74, 6) is -0.244. The van der Waals surface area contributed by atoms with Crippen LogP contribution < -0.4 is 14.8 Å². The predicted octanol–water partition coefficient (Wildman–Crippen LogP) is 0.982. The van der Waals surface area contributed by atoms with E-state index in [4.69, 9.17) is 17.0 Å². The van der Waals surface area contributed by atoms with Crippen LogP contribution in [0.2, 0.25) is 0 Å². The number of ether oxygens (including phenoxy) is 2. The summed E-state index contributed by atoms with van der Waals surface area (Å²) in [5, 5.41) is 2.62. The van der Waals surface area contributed by atoms with Gasteiger partial charge in [-0.15, -0.1) is 0 Å². The summed E-state index contributed by atoms with van der Waals surface area (Å²) >= 11 is 4.92. The van der Waals surface area contributed by atoms with Gasteiger partial charge in [0.15, 0.2) is 0 Å². The third-order valence-electron chi connectivity index (χ3n) is 1.63. The number of nitrogens with one attached hydrogen (secondary N) is 1. The molecule has 16 heavy (non-hydrogen) atoms. The van der Waals surface area contributed by atoms with E-state index in [0.29, 0.717) is 0 Å². The second kappa shape index (κ2) is 5.50. The van der Waals surface area contributed by atoms with Crippen molar-refractivity contribution < 1.29 is 18.3 Å². The van der Waals surface area contributed by atoms with Gasteiger partial charge >= 0.3 is 6.61 Å². The Bertz CT molecular complexity index is 390. The largest absolute Gasteiger partial charge is 0.480 e. The Labute approximate surface area is 95.8 Å². The zero-order valence-corrected chi connectivity index (χ0v) is 9.35. The fourth-order valence-corrected chi connectivity index (χ4v) is 1.18. The number of alkyl halides is 2. The number of thiocarbonyl (C=S) groups is 1. The van der Waals surface area contributed by atoms with E-state index >= 15 is 0 Å². The fourth-order valence-electron chi connectivity index (χ4n) is 1.00. The van der Waals surface area contributed by atoms with Gasteiger partial charge < -0.3 is 14.8 Å². The van der Waals surface area contributed by atoms with Crippen LogP contribution in [0, 0.1) is 0 Å². The van der Waals surface area contributed by atoms with E-state index in [1.54, 1.807) is 7.05 Å². The molecule has 0 amide bonds. The molecule has 0 aliphatic heterocycles. The number of hydrogen-bond donors (Lipinski definition) is 1. The van der Waals surface area contributed by atoms with Gasteiger partial charge in [0.2, 0.25) is 11.8 Å². The van der Waals surface area contributed by atoms with E-state index in [1.807, 2.05) is 0 Å². The highest BCUT2D eigenvalue weighted by molar-refractivity contribution is 7.80. The summed E-state index contributed by atoms with van der Waals surface area (Å²) in [5.41, 5.74) is 0.0998. The molecule has 0 radical (unpaired) electrons. The van der Waals surface area contributed by atoms with Crippen molar-refractivity contribution in [3.05, 3.63) is 11.9 Å². The van der Waals surface area contributed by atoms with Gasteiger partial charge in [0.05, 0.1) is 7.11 Å². The van der Waals surface area contributed by atoms with E-state index in [9.17, 15) is 8.78 Å². The molecule has 0 saturated heterocycles. The van der Waals surface area contributed by atoms with E-state index in [-0.39, 0.29) is 22.3 Å². The smallest absolute Gasteiger partial charge is 0.388 e. The first-order chi connectivity index (χ1) is 7.60. The Kier molecular flexibility index (Phi) is 4.29. The van der Waals surface area contributed by atoms with Crippen LogP contribution in [-0.4, -0.2) is 35.7 Å². The summed E-state index contributed by atoms with van der Waals surface area (Å²) in [6.45, 7) is -2.99. The minimum absolute atomic E-state index is 0.0741. The number of halogens is 2. The van der Waals surface area contributed by atoms with Crippen LogP contribution in [0.1, 0.15) is 5.56 Å². The number of methoxy groups -OCH3 is 1. The van der Waals surface area contributed by atoms with Crippen LogP contribution in [0.4, 0.5) is 8.78 Å². The van der Waals surface area contributed by atoms with Crippen LogP contribution in [0.25, 0.3) is 0 Å². The monoisotopic (exact) mass is 249 g/mol. The highest BCUT2D eigenvalue weighted by Gasteiger charge is 2.19. The Morgan fingerprint density at radius 2 is 2.06 bits per heavy atom. The highest BCUT2D eigenvalue weighted by atomic mass is 32.1. The van der Waals surface area contributed by atoms with Gasteiger partial charge in [0.25, 0.3) is 0 Å². The van der Waals surface area contributed by atoms with E-state index in [1.165, 1.54) is 7.11 Å².